The molecule has 0 amide bonds. The van der Waals surface area contributed by atoms with Crippen molar-refractivity contribution in [2.45, 2.75) is 0 Å². The summed E-state index contributed by atoms with van der Waals surface area (Å²) in [5.74, 6) is 0.561. The second-order valence-electron chi connectivity index (χ2n) is 3.11. The van der Waals surface area contributed by atoms with E-state index in [-0.39, 0.29) is 0 Å². The quantitative estimate of drug-likeness (QED) is 0.847. The van der Waals surface area contributed by atoms with Gasteiger partial charge >= 0.3 is 0 Å². The topological polar surface area (TPSA) is 43.8 Å². The van der Waals surface area contributed by atoms with E-state index < -0.39 is 0 Å². The van der Waals surface area contributed by atoms with Gasteiger partial charge in [0.2, 0.25) is 0 Å². The summed E-state index contributed by atoms with van der Waals surface area (Å²) in [6.45, 7) is 0. The zero-order chi connectivity index (χ0) is 10.1. The second kappa shape index (κ2) is 3.46. The summed E-state index contributed by atoms with van der Waals surface area (Å²) in [6.07, 6.45) is 1.91. The predicted molar refractivity (Wildman–Crippen MR) is 60.8 cm³/mol. The lowest BCUT2D eigenvalue weighted by Gasteiger charge is -1.98. The van der Waals surface area contributed by atoms with Gasteiger partial charge in [-0.2, -0.15) is 5.10 Å². The molecule has 14 heavy (non-hydrogen) atoms. The molecule has 0 fully saturated rings. The minimum atomic E-state index is 0.561. The highest BCUT2D eigenvalue weighted by Crippen LogP contribution is 2.26. The first-order valence-electron chi connectivity index (χ1n) is 4.22. The number of nitrogens with zero attached hydrogens (tertiary/aromatic N) is 2. The molecule has 72 valence electrons. The number of rotatable bonds is 1. The molecule has 2 N–H and O–H groups in total. The van der Waals surface area contributed by atoms with Crippen LogP contribution in [0.15, 0.2) is 34.9 Å². The Labute approximate surface area is 90.7 Å². The average Bonchev–Trinajstić information content (AvgIpc) is 2.45. The summed E-state index contributed by atoms with van der Waals surface area (Å²) in [6, 6.07) is 7.99. The fourth-order valence-electron chi connectivity index (χ4n) is 1.38. The predicted octanol–water partition coefficient (Wildman–Crippen LogP) is 2.43. The minimum Gasteiger partial charge on any atom is -0.382 e. The highest BCUT2D eigenvalue weighted by molar-refractivity contribution is 9.10. The molecule has 0 saturated carbocycles. The van der Waals surface area contributed by atoms with Gasteiger partial charge in [0.25, 0.3) is 0 Å². The molecular formula is C10H10BrN3. The van der Waals surface area contributed by atoms with Crippen LogP contribution in [0.2, 0.25) is 0 Å². The molecule has 1 aromatic heterocycles. The van der Waals surface area contributed by atoms with Crippen LogP contribution >= 0.6 is 15.9 Å². The summed E-state index contributed by atoms with van der Waals surface area (Å²) in [5, 5.41) is 4.10. The Morgan fingerprint density at radius 1 is 1.43 bits per heavy atom. The standard InChI is InChI=1S/C10H10BrN3/c1-14-6-9(10(12)13-14)7-3-2-4-8(11)5-7/h2-6H,1H3,(H2,12,13). The third kappa shape index (κ3) is 1.65. The SMILES string of the molecule is Cn1cc(-c2cccc(Br)c2)c(N)n1. The zero-order valence-corrected chi connectivity index (χ0v) is 9.32. The van der Waals surface area contributed by atoms with Gasteiger partial charge in [0.05, 0.1) is 0 Å². The summed E-state index contributed by atoms with van der Waals surface area (Å²) < 4.78 is 2.75. The smallest absolute Gasteiger partial charge is 0.153 e. The normalized spacial score (nSPS) is 10.4. The molecule has 2 rings (SSSR count). The molecule has 0 radical (unpaired) electrons. The maximum Gasteiger partial charge on any atom is 0.153 e. The number of anilines is 1. The Balaban J connectivity index is 2.54. The van der Waals surface area contributed by atoms with Crippen LogP contribution < -0.4 is 5.73 Å². The van der Waals surface area contributed by atoms with Crippen molar-refractivity contribution in [1.29, 1.82) is 0 Å². The molecule has 1 aromatic carbocycles. The number of aromatic nitrogens is 2. The van der Waals surface area contributed by atoms with Gasteiger partial charge in [-0.1, -0.05) is 28.1 Å². The van der Waals surface area contributed by atoms with E-state index in [1.54, 1.807) is 4.68 Å². The monoisotopic (exact) mass is 251 g/mol. The summed E-state index contributed by atoms with van der Waals surface area (Å²) in [4.78, 5) is 0. The van der Waals surface area contributed by atoms with Crippen LogP contribution in [0.25, 0.3) is 11.1 Å². The molecule has 0 aliphatic rings. The number of aryl methyl sites for hydroxylation is 1. The van der Waals surface area contributed by atoms with E-state index in [1.165, 1.54) is 0 Å². The molecule has 2 aromatic rings. The average molecular weight is 252 g/mol. The maximum absolute atomic E-state index is 5.78. The maximum atomic E-state index is 5.78. The van der Waals surface area contributed by atoms with Crippen LogP contribution in [0.1, 0.15) is 0 Å². The van der Waals surface area contributed by atoms with Crippen molar-refractivity contribution in [2.75, 3.05) is 5.73 Å². The van der Waals surface area contributed by atoms with Crippen molar-refractivity contribution in [1.82, 2.24) is 9.78 Å². The van der Waals surface area contributed by atoms with Gasteiger partial charge in [-0.05, 0) is 17.7 Å². The third-order valence-corrected chi connectivity index (χ3v) is 2.49. The number of nitrogen functional groups attached to an aromatic ring is 1. The summed E-state index contributed by atoms with van der Waals surface area (Å²) in [5.41, 5.74) is 7.82. The molecule has 0 aliphatic heterocycles. The number of hydrogen-bond acceptors (Lipinski definition) is 2. The molecule has 0 bridgehead atoms. The molecule has 0 unspecified atom stereocenters. The van der Waals surface area contributed by atoms with Crippen LogP contribution in [0.5, 0.6) is 0 Å². The fraction of sp³-hybridized carbons (Fsp3) is 0.100. The fourth-order valence-corrected chi connectivity index (χ4v) is 1.78. The molecule has 0 atom stereocenters. The molecule has 0 aliphatic carbocycles. The first-order valence-corrected chi connectivity index (χ1v) is 5.01. The second-order valence-corrected chi connectivity index (χ2v) is 4.03. The Morgan fingerprint density at radius 2 is 2.21 bits per heavy atom. The van der Waals surface area contributed by atoms with Gasteiger partial charge in [0, 0.05) is 23.3 Å². The van der Waals surface area contributed by atoms with E-state index in [1.807, 2.05) is 37.5 Å². The highest BCUT2D eigenvalue weighted by atomic mass is 79.9. The molecule has 3 nitrogen and oxygen atoms in total. The van der Waals surface area contributed by atoms with Crippen molar-refractivity contribution in [2.24, 2.45) is 7.05 Å². The van der Waals surface area contributed by atoms with Crippen LogP contribution in [0, 0.1) is 0 Å². The number of nitrogens with two attached hydrogens (primary N) is 1. The zero-order valence-electron chi connectivity index (χ0n) is 7.74. The minimum absolute atomic E-state index is 0.561. The Bertz CT molecular complexity index is 462. The van der Waals surface area contributed by atoms with E-state index in [9.17, 15) is 0 Å². The van der Waals surface area contributed by atoms with Crippen molar-refractivity contribution in [3.8, 4) is 11.1 Å². The van der Waals surface area contributed by atoms with Gasteiger partial charge in [-0.25, -0.2) is 0 Å². The molecule has 0 spiro atoms. The van der Waals surface area contributed by atoms with Gasteiger partial charge in [-0.15, -0.1) is 0 Å². The molecule has 1 heterocycles. The summed E-state index contributed by atoms with van der Waals surface area (Å²) in [7, 11) is 1.86. The van der Waals surface area contributed by atoms with Crippen molar-refractivity contribution in [3.05, 3.63) is 34.9 Å². The van der Waals surface area contributed by atoms with Crippen LogP contribution in [0.3, 0.4) is 0 Å². The van der Waals surface area contributed by atoms with Gasteiger partial charge in [-0.3, -0.25) is 4.68 Å². The number of benzene rings is 1. The van der Waals surface area contributed by atoms with Crippen LogP contribution in [-0.4, -0.2) is 9.78 Å². The Kier molecular flexibility index (Phi) is 2.29. The van der Waals surface area contributed by atoms with Crippen LogP contribution in [-0.2, 0) is 7.05 Å². The van der Waals surface area contributed by atoms with E-state index in [2.05, 4.69) is 21.0 Å². The lowest BCUT2D eigenvalue weighted by atomic mass is 10.1. The van der Waals surface area contributed by atoms with E-state index in [0.717, 1.165) is 15.6 Å². The van der Waals surface area contributed by atoms with Gasteiger partial charge < -0.3 is 5.73 Å². The van der Waals surface area contributed by atoms with Crippen LogP contribution in [0.4, 0.5) is 5.82 Å². The first-order chi connectivity index (χ1) is 6.66. The van der Waals surface area contributed by atoms with E-state index in [0.29, 0.717) is 5.82 Å². The molecule has 0 saturated heterocycles. The Morgan fingerprint density at radius 3 is 2.79 bits per heavy atom. The highest BCUT2D eigenvalue weighted by Gasteiger charge is 2.06. The lowest BCUT2D eigenvalue weighted by molar-refractivity contribution is 0.772. The van der Waals surface area contributed by atoms with Crippen molar-refractivity contribution < 1.29 is 0 Å². The van der Waals surface area contributed by atoms with Crippen molar-refractivity contribution >= 4 is 21.7 Å². The Hall–Kier alpha value is -1.29. The van der Waals surface area contributed by atoms with Crippen molar-refractivity contribution in [3.63, 3.8) is 0 Å². The summed E-state index contributed by atoms with van der Waals surface area (Å²) >= 11 is 3.42. The van der Waals surface area contributed by atoms with Gasteiger partial charge in [0.1, 0.15) is 0 Å². The lowest BCUT2D eigenvalue weighted by Crippen LogP contribution is -1.90. The van der Waals surface area contributed by atoms with E-state index in [4.69, 9.17) is 5.73 Å². The number of halogens is 1. The number of hydrogen-bond donors (Lipinski definition) is 1. The molecular weight excluding hydrogens is 242 g/mol. The largest absolute Gasteiger partial charge is 0.382 e. The van der Waals surface area contributed by atoms with Gasteiger partial charge in [0.15, 0.2) is 5.82 Å². The first kappa shape index (κ1) is 9.27. The van der Waals surface area contributed by atoms with E-state index >= 15 is 0 Å². The third-order valence-electron chi connectivity index (χ3n) is 1.99. The molecule has 4 heteroatoms.